The number of carbonyl (C=O) groups is 1. The molecular weight excluding hydrogens is 516 g/mol. The van der Waals surface area contributed by atoms with Crippen LogP contribution in [0.1, 0.15) is 60.8 Å². The average molecular weight is 544 g/mol. The number of nitrogens with one attached hydrogen (secondary N) is 1. The highest BCUT2D eigenvalue weighted by atomic mass is 19.4. The van der Waals surface area contributed by atoms with E-state index in [9.17, 15) is 36.2 Å². The number of aliphatic hydroxyl groups is 1. The number of esters is 1. The molecule has 2 aliphatic heterocycles. The van der Waals surface area contributed by atoms with Crippen molar-refractivity contribution in [3.05, 3.63) is 70.3 Å². The highest BCUT2D eigenvalue weighted by Crippen LogP contribution is 2.55. The van der Waals surface area contributed by atoms with E-state index in [1.54, 1.807) is 38.1 Å². The van der Waals surface area contributed by atoms with Crippen LogP contribution in [0.5, 0.6) is 5.75 Å². The lowest BCUT2D eigenvalue weighted by atomic mass is 9.64. The van der Waals surface area contributed by atoms with Crippen molar-refractivity contribution in [3.8, 4) is 5.75 Å². The quantitative estimate of drug-likeness (QED) is 0.259. The summed E-state index contributed by atoms with van der Waals surface area (Å²) in [5.74, 6) is -0.482. The van der Waals surface area contributed by atoms with Gasteiger partial charge in [-0.05, 0) is 55.8 Å². The van der Waals surface area contributed by atoms with E-state index in [0.29, 0.717) is 23.1 Å². The van der Waals surface area contributed by atoms with E-state index in [0.717, 1.165) is 17.7 Å². The van der Waals surface area contributed by atoms with Gasteiger partial charge in [-0.25, -0.2) is 4.79 Å². The van der Waals surface area contributed by atoms with Crippen LogP contribution >= 0.6 is 0 Å². The predicted octanol–water partition coefficient (Wildman–Crippen LogP) is 6.57. The lowest BCUT2D eigenvalue weighted by Gasteiger charge is -2.49. The van der Waals surface area contributed by atoms with E-state index < -0.39 is 46.9 Å². The monoisotopic (exact) mass is 543 g/mol. The lowest BCUT2D eigenvalue weighted by Crippen LogP contribution is -2.54. The average Bonchev–Trinajstić information content (AvgIpc) is 2.81. The SMILES string of the molecule is CC(C)=CCOC(=O)c1ccc2c(c1)C1Nc3ccc(C(O)(C(F)(F)F)C(F)(F)F)cc3C(C)(C)C1CO2. The number of carbonyl (C=O) groups excluding carboxylic acids is 1. The van der Waals surface area contributed by atoms with Gasteiger partial charge in [0.1, 0.15) is 12.4 Å². The third-order valence-electron chi connectivity index (χ3n) is 7.30. The number of hydrogen-bond acceptors (Lipinski definition) is 5. The van der Waals surface area contributed by atoms with Crippen LogP contribution < -0.4 is 10.1 Å². The van der Waals surface area contributed by atoms with Gasteiger partial charge in [-0.1, -0.05) is 25.5 Å². The molecule has 0 amide bonds. The van der Waals surface area contributed by atoms with Crippen LogP contribution in [0.3, 0.4) is 0 Å². The molecule has 0 spiro atoms. The van der Waals surface area contributed by atoms with Crippen molar-refractivity contribution in [2.45, 2.75) is 57.1 Å². The molecule has 0 saturated heterocycles. The van der Waals surface area contributed by atoms with Gasteiger partial charge < -0.3 is 19.9 Å². The van der Waals surface area contributed by atoms with Gasteiger partial charge in [0.25, 0.3) is 5.60 Å². The highest BCUT2D eigenvalue weighted by molar-refractivity contribution is 5.90. The fourth-order valence-electron chi connectivity index (χ4n) is 5.00. The Labute approximate surface area is 215 Å². The van der Waals surface area contributed by atoms with Crippen molar-refractivity contribution in [3.63, 3.8) is 0 Å². The molecule has 0 fully saturated rings. The van der Waals surface area contributed by atoms with Gasteiger partial charge in [-0.2, -0.15) is 26.3 Å². The Morgan fingerprint density at radius 1 is 1.11 bits per heavy atom. The number of ether oxygens (including phenoxy) is 2. The maximum Gasteiger partial charge on any atom is 0.430 e. The number of alkyl halides is 6. The Morgan fingerprint density at radius 3 is 2.37 bits per heavy atom. The number of hydrogen-bond donors (Lipinski definition) is 2. The number of fused-ring (bicyclic) bond motifs is 4. The Hall–Kier alpha value is -3.21. The van der Waals surface area contributed by atoms with Crippen molar-refractivity contribution >= 4 is 11.7 Å². The molecule has 5 nitrogen and oxygen atoms in total. The van der Waals surface area contributed by atoms with E-state index in [1.165, 1.54) is 0 Å². The Kier molecular flexibility index (Phi) is 6.75. The van der Waals surface area contributed by atoms with E-state index in [-0.39, 0.29) is 24.3 Å². The molecule has 2 N–H and O–H groups in total. The van der Waals surface area contributed by atoms with Crippen LogP contribution in [0.4, 0.5) is 32.0 Å². The van der Waals surface area contributed by atoms with Crippen molar-refractivity contribution in [1.82, 2.24) is 0 Å². The lowest BCUT2D eigenvalue weighted by molar-refractivity contribution is -0.376. The number of anilines is 1. The van der Waals surface area contributed by atoms with Crippen molar-refractivity contribution in [1.29, 1.82) is 0 Å². The molecule has 38 heavy (non-hydrogen) atoms. The fourth-order valence-corrected chi connectivity index (χ4v) is 5.00. The Bertz CT molecular complexity index is 1260. The zero-order chi connectivity index (χ0) is 28.3. The van der Waals surface area contributed by atoms with Crippen LogP contribution in [0.25, 0.3) is 0 Å². The molecule has 2 unspecified atom stereocenters. The fraction of sp³-hybridized carbons (Fsp3) is 0.444. The molecule has 0 aliphatic carbocycles. The largest absolute Gasteiger partial charge is 0.493 e. The van der Waals surface area contributed by atoms with Gasteiger partial charge in [-0.15, -0.1) is 0 Å². The highest BCUT2D eigenvalue weighted by Gasteiger charge is 2.71. The summed E-state index contributed by atoms with van der Waals surface area (Å²) in [6.45, 7) is 7.35. The normalized spacial score (nSPS) is 20.2. The summed E-state index contributed by atoms with van der Waals surface area (Å²) in [6.07, 6.45) is -10.2. The van der Waals surface area contributed by atoms with E-state index >= 15 is 0 Å². The summed E-state index contributed by atoms with van der Waals surface area (Å²) in [4.78, 5) is 12.6. The van der Waals surface area contributed by atoms with Gasteiger partial charge in [0.2, 0.25) is 0 Å². The van der Waals surface area contributed by atoms with E-state index in [2.05, 4.69) is 5.32 Å². The molecule has 4 rings (SSSR count). The molecule has 2 atom stereocenters. The van der Waals surface area contributed by atoms with Crippen LogP contribution in [0.2, 0.25) is 0 Å². The van der Waals surface area contributed by atoms with Crippen LogP contribution in [0.15, 0.2) is 48.0 Å². The smallest absolute Gasteiger partial charge is 0.430 e. The summed E-state index contributed by atoms with van der Waals surface area (Å²) in [6, 6.07) is 6.84. The number of benzene rings is 2. The Morgan fingerprint density at radius 2 is 1.76 bits per heavy atom. The maximum absolute atomic E-state index is 13.5. The van der Waals surface area contributed by atoms with E-state index in [1.807, 2.05) is 13.8 Å². The molecule has 2 aromatic rings. The molecule has 0 saturated carbocycles. The Balaban J connectivity index is 1.74. The molecule has 206 valence electrons. The first-order valence-electron chi connectivity index (χ1n) is 11.8. The predicted molar refractivity (Wildman–Crippen MR) is 127 cm³/mol. The topological polar surface area (TPSA) is 67.8 Å². The number of rotatable bonds is 4. The minimum atomic E-state index is -5.99. The van der Waals surface area contributed by atoms with Gasteiger partial charge in [0.05, 0.1) is 18.2 Å². The minimum Gasteiger partial charge on any atom is -0.493 e. The van der Waals surface area contributed by atoms with Gasteiger partial charge in [0, 0.05) is 28.1 Å². The second-order valence-corrected chi connectivity index (χ2v) is 10.4. The zero-order valence-corrected chi connectivity index (χ0v) is 21.1. The van der Waals surface area contributed by atoms with Crippen molar-refractivity contribution < 1.29 is 45.7 Å². The summed E-state index contributed by atoms with van der Waals surface area (Å²) in [5.41, 5.74) is -4.96. The van der Waals surface area contributed by atoms with Crippen molar-refractivity contribution in [2.75, 3.05) is 18.5 Å². The van der Waals surface area contributed by atoms with Crippen LogP contribution in [-0.4, -0.2) is 36.6 Å². The summed E-state index contributed by atoms with van der Waals surface area (Å²) in [5, 5.41) is 13.1. The minimum absolute atomic E-state index is 0.101. The van der Waals surface area contributed by atoms with Gasteiger partial charge >= 0.3 is 18.3 Å². The summed E-state index contributed by atoms with van der Waals surface area (Å²) in [7, 11) is 0. The molecule has 0 bridgehead atoms. The van der Waals surface area contributed by atoms with Gasteiger partial charge in [-0.3, -0.25) is 0 Å². The molecule has 11 heteroatoms. The number of allylic oxidation sites excluding steroid dienone is 1. The second kappa shape index (κ2) is 9.21. The second-order valence-electron chi connectivity index (χ2n) is 10.4. The standard InChI is InChI=1S/C27H27F6NO4/c1-14(2)9-10-37-23(35)15-5-8-21-17(11-15)22-19(13-38-21)24(3,4)18-12-16(6-7-20(18)34-22)25(36,26(28,29)30)27(31,32)33/h5-9,11-12,19,22,34,36H,10,13H2,1-4H3. The van der Waals surface area contributed by atoms with Crippen molar-refractivity contribution in [2.24, 2.45) is 5.92 Å². The summed E-state index contributed by atoms with van der Waals surface area (Å²) < 4.78 is 92.3. The van der Waals surface area contributed by atoms with Gasteiger partial charge in [0.15, 0.2) is 0 Å². The van der Waals surface area contributed by atoms with E-state index in [4.69, 9.17) is 9.47 Å². The third kappa shape index (κ3) is 4.50. The maximum atomic E-state index is 13.5. The van der Waals surface area contributed by atoms with Crippen LogP contribution in [0, 0.1) is 5.92 Å². The first-order valence-corrected chi connectivity index (χ1v) is 11.8. The molecule has 0 radical (unpaired) electrons. The molecule has 2 aliphatic rings. The molecule has 2 aromatic carbocycles. The molecular formula is C27H27F6NO4. The summed E-state index contributed by atoms with van der Waals surface area (Å²) >= 11 is 0. The zero-order valence-electron chi connectivity index (χ0n) is 21.1. The number of halogens is 6. The van der Waals surface area contributed by atoms with Crippen LogP contribution in [-0.2, 0) is 15.8 Å². The third-order valence-corrected chi connectivity index (χ3v) is 7.30. The first-order chi connectivity index (χ1) is 17.5. The first kappa shape index (κ1) is 27.8. The molecule has 0 aromatic heterocycles. The molecule has 2 heterocycles.